The molecule has 0 aliphatic carbocycles. The predicted octanol–water partition coefficient (Wildman–Crippen LogP) is 3.09. The van der Waals surface area contributed by atoms with Gasteiger partial charge in [-0.3, -0.25) is 9.59 Å². The van der Waals surface area contributed by atoms with Crippen LogP contribution in [0.2, 0.25) is 5.02 Å². The lowest BCUT2D eigenvalue weighted by Gasteiger charge is -2.03. The first-order chi connectivity index (χ1) is 8.58. The molecule has 0 saturated heterocycles. The Balaban J connectivity index is 2.15. The van der Waals surface area contributed by atoms with Gasteiger partial charge in [0.25, 0.3) is 0 Å². The highest BCUT2D eigenvalue weighted by Gasteiger charge is 2.18. The second-order valence-electron chi connectivity index (χ2n) is 3.66. The van der Waals surface area contributed by atoms with Crippen molar-refractivity contribution in [1.82, 2.24) is 0 Å². The van der Waals surface area contributed by atoms with Gasteiger partial charge >= 0.3 is 0 Å². The summed E-state index contributed by atoms with van der Waals surface area (Å²) in [5.41, 5.74) is 0.0688. The molecule has 0 saturated carbocycles. The number of aromatic hydroxyl groups is 1. The van der Waals surface area contributed by atoms with Gasteiger partial charge in [-0.1, -0.05) is 11.6 Å². The van der Waals surface area contributed by atoms with Crippen LogP contribution in [-0.2, 0) is 0 Å². The lowest BCUT2D eigenvalue weighted by molar-refractivity contribution is 0.0877. The van der Waals surface area contributed by atoms with Gasteiger partial charge in [-0.2, -0.15) is 0 Å². The topological polar surface area (TPSA) is 67.5 Å². The molecule has 1 N–H and O–H groups in total. The molecule has 1 heterocycles. The van der Waals surface area contributed by atoms with E-state index in [1.165, 1.54) is 30.5 Å². The fraction of sp³-hybridized carbons (Fsp3) is 0.0769. The van der Waals surface area contributed by atoms with Gasteiger partial charge in [-0.25, -0.2) is 0 Å². The van der Waals surface area contributed by atoms with E-state index in [-0.39, 0.29) is 23.5 Å². The minimum Gasteiger partial charge on any atom is -0.507 e. The summed E-state index contributed by atoms with van der Waals surface area (Å²) in [4.78, 5) is 23.5. The monoisotopic (exact) mass is 264 g/mol. The van der Waals surface area contributed by atoms with Gasteiger partial charge in [-0.05, 0) is 30.3 Å². The first-order valence-electron chi connectivity index (χ1n) is 5.16. The largest absolute Gasteiger partial charge is 0.507 e. The number of carbonyl (C=O) groups is 2. The molecule has 18 heavy (non-hydrogen) atoms. The second kappa shape index (κ2) is 5.06. The van der Waals surface area contributed by atoms with Crippen LogP contribution >= 0.6 is 11.6 Å². The molecule has 1 aromatic heterocycles. The van der Waals surface area contributed by atoms with Crippen molar-refractivity contribution >= 4 is 23.2 Å². The molecule has 0 atom stereocenters. The van der Waals surface area contributed by atoms with Crippen LogP contribution in [0, 0.1) is 0 Å². The minimum atomic E-state index is -0.481. The summed E-state index contributed by atoms with van der Waals surface area (Å²) in [6, 6.07) is 7.17. The number of ketones is 2. The van der Waals surface area contributed by atoms with Gasteiger partial charge in [0.2, 0.25) is 5.78 Å². The molecule has 0 aliphatic heterocycles. The molecule has 0 bridgehead atoms. The van der Waals surface area contributed by atoms with E-state index in [0.29, 0.717) is 5.02 Å². The number of Topliss-reactive ketones (excluding diaryl/α,β-unsaturated/α-hetero) is 2. The van der Waals surface area contributed by atoms with E-state index in [1.54, 1.807) is 6.07 Å². The average molecular weight is 265 g/mol. The number of furan rings is 1. The summed E-state index contributed by atoms with van der Waals surface area (Å²) in [5.74, 6) is -1.03. The Morgan fingerprint density at radius 1 is 1.22 bits per heavy atom. The highest BCUT2D eigenvalue weighted by molar-refractivity contribution is 6.31. The zero-order valence-corrected chi connectivity index (χ0v) is 9.98. The third kappa shape index (κ3) is 2.60. The Morgan fingerprint density at radius 2 is 2.00 bits per heavy atom. The maximum absolute atomic E-state index is 11.8. The Morgan fingerprint density at radius 3 is 2.61 bits per heavy atom. The number of hydrogen-bond donors (Lipinski definition) is 1. The third-order valence-corrected chi connectivity index (χ3v) is 2.61. The minimum absolute atomic E-state index is 0.0688. The number of halogens is 1. The molecule has 0 fully saturated rings. The molecule has 1 aromatic carbocycles. The molecule has 0 radical (unpaired) electrons. The number of rotatable bonds is 4. The van der Waals surface area contributed by atoms with E-state index in [4.69, 9.17) is 16.0 Å². The lowest BCUT2D eigenvalue weighted by Crippen LogP contribution is -2.08. The Kier molecular flexibility index (Phi) is 3.48. The summed E-state index contributed by atoms with van der Waals surface area (Å²) in [6.45, 7) is 0. The molecule has 0 spiro atoms. The molecule has 5 heteroatoms. The SMILES string of the molecule is O=C(CC(=O)c1ccc(Cl)cc1O)c1ccco1. The summed E-state index contributed by atoms with van der Waals surface area (Å²) >= 11 is 5.66. The zero-order valence-electron chi connectivity index (χ0n) is 9.22. The third-order valence-electron chi connectivity index (χ3n) is 2.38. The highest BCUT2D eigenvalue weighted by Crippen LogP contribution is 2.23. The van der Waals surface area contributed by atoms with Crippen molar-refractivity contribution in [3.8, 4) is 5.75 Å². The molecule has 0 amide bonds. The van der Waals surface area contributed by atoms with Crippen LogP contribution in [0.5, 0.6) is 5.75 Å². The van der Waals surface area contributed by atoms with Crippen molar-refractivity contribution in [2.24, 2.45) is 0 Å². The van der Waals surface area contributed by atoms with E-state index < -0.39 is 11.6 Å². The molecule has 2 aromatic rings. The van der Waals surface area contributed by atoms with Crippen LogP contribution in [0.15, 0.2) is 41.0 Å². The van der Waals surface area contributed by atoms with Gasteiger partial charge in [-0.15, -0.1) is 0 Å². The van der Waals surface area contributed by atoms with Gasteiger partial charge < -0.3 is 9.52 Å². The van der Waals surface area contributed by atoms with Crippen molar-refractivity contribution in [2.45, 2.75) is 6.42 Å². The van der Waals surface area contributed by atoms with E-state index in [0.717, 1.165) is 0 Å². The maximum atomic E-state index is 11.8. The van der Waals surface area contributed by atoms with Crippen LogP contribution in [0.3, 0.4) is 0 Å². The normalized spacial score (nSPS) is 10.3. The van der Waals surface area contributed by atoms with E-state index in [2.05, 4.69) is 0 Å². The first kappa shape index (κ1) is 12.4. The fourth-order valence-corrected chi connectivity index (χ4v) is 1.67. The van der Waals surface area contributed by atoms with Crippen molar-refractivity contribution in [3.05, 3.63) is 52.9 Å². The number of carbonyl (C=O) groups excluding carboxylic acids is 2. The van der Waals surface area contributed by atoms with Gasteiger partial charge in [0, 0.05) is 5.02 Å². The van der Waals surface area contributed by atoms with E-state index >= 15 is 0 Å². The second-order valence-corrected chi connectivity index (χ2v) is 4.10. The van der Waals surface area contributed by atoms with Gasteiger partial charge in [0.15, 0.2) is 11.5 Å². The number of phenols is 1. The standard InChI is InChI=1S/C13H9ClO4/c14-8-3-4-9(10(15)6-8)11(16)7-12(17)13-2-1-5-18-13/h1-6,15H,7H2. The van der Waals surface area contributed by atoms with Crippen molar-refractivity contribution < 1.29 is 19.1 Å². The lowest BCUT2D eigenvalue weighted by atomic mass is 10.0. The molecule has 0 aliphatic rings. The molecule has 2 rings (SSSR count). The summed E-state index contributed by atoms with van der Waals surface area (Å²) in [7, 11) is 0. The number of hydrogen-bond acceptors (Lipinski definition) is 4. The molecule has 92 valence electrons. The van der Waals surface area contributed by atoms with Crippen LogP contribution in [0.25, 0.3) is 0 Å². The zero-order chi connectivity index (χ0) is 13.1. The highest BCUT2D eigenvalue weighted by atomic mass is 35.5. The van der Waals surface area contributed by atoms with Crippen molar-refractivity contribution in [2.75, 3.05) is 0 Å². The molecule has 4 nitrogen and oxygen atoms in total. The van der Waals surface area contributed by atoms with Crippen molar-refractivity contribution in [1.29, 1.82) is 0 Å². The smallest absolute Gasteiger partial charge is 0.205 e. The van der Waals surface area contributed by atoms with Gasteiger partial charge in [0.05, 0.1) is 18.2 Å². The fourth-order valence-electron chi connectivity index (χ4n) is 1.51. The molecular weight excluding hydrogens is 256 g/mol. The Bertz CT molecular complexity index is 587. The Labute approximate surface area is 108 Å². The summed E-state index contributed by atoms with van der Waals surface area (Å²) in [6.07, 6.45) is 1.00. The number of phenolic OH excluding ortho intramolecular Hbond substituents is 1. The van der Waals surface area contributed by atoms with E-state index in [9.17, 15) is 14.7 Å². The van der Waals surface area contributed by atoms with Crippen LogP contribution in [-0.4, -0.2) is 16.7 Å². The van der Waals surface area contributed by atoms with Gasteiger partial charge in [0.1, 0.15) is 5.75 Å². The van der Waals surface area contributed by atoms with Crippen molar-refractivity contribution in [3.63, 3.8) is 0 Å². The van der Waals surface area contributed by atoms with E-state index in [1.807, 2.05) is 0 Å². The first-order valence-corrected chi connectivity index (χ1v) is 5.54. The predicted molar refractivity (Wildman–Crippen MR) is 65.1 cm³/mol. The number of benzene rings is 1. The van der Waals surface area contributed by atoms with Crippen LogP contribution < -0.4 is 0 Å². The Hall–Kier alpha value is -2.07. The maximum Gasteiger partial charge on any atom is 0.205 e. The van der Waals surface area contributed by atoms with Crippen LogP contribution in [0.4, 0.5) is 0 Å². The molecule has 0 unspecified atom stereocenters. The molecular formula is C13H9ClO4. The summed E-state index contributed by atoms with van der Waals surface area (Å²) in [5, 5.41) is 9.89. The summed E-state index contributed by atoms with van der Waals surface area (Å²) < 4.78 is 4.90. The average Bonchev–Trinajstić information content (AvgIpc) is 2.81. The quantitative estimate of drug-likeness (QED) is 0.681. The van der Waals surface area contributed by atoms with Crippen LogP contribution in [0.1, 0.15) is 27.3 Å².